The van der Waals surface area contributed by atoms with E-state index in [1.807, 2.05) is 12.1 Å². The molecule has 0 spiro atoms. The molecule has 1 aromatic carbocycles. The minimum absolute atomic E-state index is 0.0193. The molecule has 3 atom stereocenters. The monoisotopic (exact) mass is 291 g/mol. The van der Waals surface area contributed by atoms with E-state index in [2.05, 4.69) is 33.0 Å². The predicted octanol–water partition coefficient (Wildman–Crippen LogP) is 4.91. The third-order valence-corrected chi connectivity index (χ3v) is 5.24. The Morgan fingerprint density at radius 3 is 2.48 bits per heavy atom. The molecule has 2 rings (SSSR count). The van der Waals surface area contributed by atoms with E-state index in [0.29, 0.717) is 12.0 Å². The number of halogens is 1. The van der Waals surface area contributed by atoms with Gasteiger partial charge >= 0.3 is 0 Å². The largest absolute Gasteiger partial charge is 0.313 e. The molecule has 1 aliphatic rings. The number of hydrogen-bond donors (Lipinski definition) is 1. The van der Waals surface area contributed by atoms with E-state index in [1.165, 1.54) is 31.2 Å². The Balaban J connectivity index is 2.24. The first kappa shape index (κ1) is 16.5. The van der Waals surface area contributed by atoms with Crippen LogP contribution in [0, 0.1) is 17.7 Å². The van der Waals surface area contributed by atoms with Crippen molar-refractivity contribution in [2.75, 3.05) is 6.54 Å². The molecular weight excluding hydrogens is 261 g/mol. The van der Waals surface area contributed by atoms with Crippen molar-refractivity contribution in [2.45, 2.75) is 64.8 Å². The van der Waals surface area contributed by atoms with Gasteiger partial charge in [0, 0.05) is 11.5 Å². The summed E-state index contributed by atoms with van der Waals surface area (Å²) < 4.78 is 13.2. The van der Waals surface area contributed by atoms with Crippen LogP contribution in [-0.2, 0) is 5.41 Å². The van der Waals surface area contributed by atoms with Crippen LogP contribution < -0.4 is 5.32 Å². The van der Waals surface area contributed by atoms with E-state index in [0.717, 1.165) is 12.5 Å². The fourth-order valence-corrected chi connectivity index (χ4v) is 4.07. The van der Waals surface area contributed by atoms with Gasteiger partial charge in [0.2, 0.25) is 0 Å². The van der Waals surface area contributed by atoms with Crippen LogP contribution in [0.1, 0.15) is 58.9 Å². The third kappa shape index (κ3) is 3.85. The van der Waals surface area contributed by atoms with E-state index in [1.54, 1.807) is 12.1 Å². The van der Waals surface area contributed by atoms with Gasteiger partial charge in [0.25, 0.3) is 0 Å². The van der Waals surface area contributed by atoms with E-state index >= 15 is 0 Å². The van der Waals surface area contributed by atoms with E-state index in [-0.39, 0.29) is 11.2 Å². The van der Waals surface area contributed by atoms with E-state index < -0.39 is 0 Å². The lowest BCUT2D eigenvalue weighted by Gasteiger charge is -2.43. The maximum atomic E-state index is 13.2. The molecule has 0 aliphatic heterocycles. The minimum atomic E-state index is -0.152. The van der Waals surface area contributed by atoms with Gasteiger partial charge in [0.05, 0.1) is 0 Å². The minimum Gasteiger partial charge on any atom is -0.313 e. The number of nitrogens with one attached hydrogen (secondary N) is 1. The Morgan fingerprint density at radius 1 is 1.24 bits per heavy atom. The highest BCUT2D eigenvalue weighted by Gasteiger charge is 2.37. The molecule has 1 aliphatic carbocycles. The summed E-state index contributed by atoms with van der Waals surface area (Å²) in [5.74, 6) is 1.39. The second-order valence-electron chi connectivity index (χ2n) is 7.30. The van der Waals surface area contributed by atoms with Gasteiger partial charge in [-0.05, 0) is 48.9 Å². The molecule has 1 aromatic rings. The van der Waals surface area contributed by atoms with Crippen LogP contribution >= 0.6 is 0 Å². The van der Waals surface area contributed by atoms with Crippen LogP contribution in [-0.4, -0.2) is 12.6 Å². The van der Waals surface area contributed by atoms with Gasteiger partial charge in [0.15, 0.2) is 0 Å². The normalized spacial score (nSPS) is 24.8. The van der Waals surface area contributed by atoms with Crippen molar-refractivity contribution < 1.29 is 4.39 Å². The summed E-state index contributed by atoms with van der Waals surface area (Å²) in [6, 6.07) is 7.53. The molecular formula is C19H30FN. The summed E-state index contributed by atoms with van der Waals surface area (Å²) >= 11 is 0. The first-order valence-electron chi connectivity index (χ1n) is 8.44. The smallest absolute Gasteiger partial charge is 0.123 e. The predicted molar refractivity (Wildman–Crippen MR) is 88.0 cm³/mol. The Labute approximate surface area is 129 Å². The first-order chi connectivity index (χ1) is 9.95. The Bertz CT molecular complexity index is 437. The topological polar surface area (TPSA) is 12.0 Å². The number of likely N-dealkylation sites (N-methyl/N-ethyl adjacent to an activating group) is 1. The summed E-state index contributed by atoms with van der Waals surface area (Å²) in [6.07, 6.45) is 5.33. The van der Waals surface area contributed by atoms with Gasteiger partial charge < -0.3 is 5.32 Å². The highest BCUT2D eigenvalue weighted by Crippen LogP contribution is 2.39. The zero-order valence-corrected chi connectivity index (χ0v) is 14.0. The molecule has 1 N–H and O–H groups in total. The molecule has 2 heteroatoms. The molecule has 21 heavy (non-hydrogen) atoms. The zero-order chi connectivity index (χ0) is 15.5. The quantitative estimate of drug-likeness (QED) is 0.813. The highest BCUT2D eigenvalue weighted by atomic mass is 19.1. The van der Waals surface area contributed by atoms with Crippen molar-refractivity contribution in [3.8, 4) is 0 Å². The molecule has 0 amide bonds. The fraction of sp³-hybridized carbons (Fsp3) is 0.684. The molecule has 0 heterocycles. The fourth-order valence-electron chi connectivity index (χ4n) is 4.07. The van der Waals surface area contributed by atoms with E-state index in [9.17, 15) is 4.39 Å². The molecule has 1 saturated carbocycles. The van der Waals surface area contributed by atoms with Crippen molar-refractivity contribution in [3.63, 3.8) is 0 Å². The molecule has 118 valence electrons. The Morgan fingerprint density at radius 2 is 1.90 bits per heavy atom. The second kappa shape index (κ2) is 6.91. The maximum Gasteiger partial charge on any atom is 0.123 e. The van der Waals surface area contributed by atoms with Gasteiger partial charge in [-0.1, -0.05) is 52.7 Å². The summed E-state index contributed by atoms with van der Waals surface area (Å²) in [7, 11) is 0. The van der Waals surface area contributed by atoms with Gasteiger partial charge in [-0.2, -0.15) is 0 Å². The molecule has 3 unspecified atom stereocenters. The average molecular weight is 291 g/mol. The van der Waals surface area contributed by atoms with Gasteiger partial charge in [0.1, 0.15) is 5.82 Å². The summed E-state index contributed by atoms with van der Waals surface area (Å²) in [5.41, 5.74) is 1.25. The summed E-state index contributed by atoms with van der Waals surface area (Å²) in [5, 5.41) is 3.73. The second-order valence-corrected chi connectivity index (χ2v) is 7.30. The molecule has 1 fully saturated rings. The molecule has 0 radical (unpaired) electrons. The highest BCUT2D eigenvalue weighted by molar-refractivity contribution is 5.27. The van der Waals surface area contributed by atoms with Crippen molar-refractivity contribution >= 4 is 0 Å². The van der Waals surface area contributed by atoms with Crippen molar-refractivity contribution in [3.05, 3.63) is 35.6 Å². The standard InChI is InChI=1S/C19H30FN/c1-5-21-18(15-8-6-7-14(2)13-15)19(3,4)16-9-11-17(20)12-10-16/h9-12,14-15,18,21H,5-8,13H2,1-4H3. The van der Waals surface area contributed by atoms with Crippen molar-refractivity contribution in [2.24, 2.45) is 11.8 Å². The van der Waals surface area contributed by atoms with Gasteiger partial charge in [-0.15, -0.1) is 0 Å². The van der Waals surface area contributed by atoms with Crippen LogP contribution in [0.2, 0.25) is 0 Å². The molecule has 0 bridgehead atoms. The van der Waals surface area contributed by atoms with Crippen LogP contribution in [0.15, 0.2) is 24.3 Å². The lowest BCUT2D eigenvalue weighted by atomic mass is 9.67. The van der Waals surface area contributed by atoms with Gasteiger partial charge in [-0.3, -0.25) is 0 Å². The zero-order valence-electron chi connectivity index (χ0n) is 14.0. The first-order valence-corrected chi connectivity index (χ1v) is 8.44. The average Bonchev–Trinajstić information content (AvgIpc) is 2.45. The maximum absolute atomic E-state index is 13.2. The van der Waals surface area contributed by atoms with Crippen molar-refractivity contribution in [1.29, 1.82) is 0 Å². The van der Waals surface area contributed by atoms with Crippen LogP contribution in [0.5, 0.6) is 0 Å². The third-order valence-electron chi connectivity index (χ3n) is 5.24. The SMILES string of the molecule is CCNC(C1CCCC(C)C1)C(C)(C)c1ccc(F)cc1. The van der Waals surface area contributed by atoms with Crippen LogP contribution in [0.4, 0.5) is 4.39 Å². The van der Waals surface area contributed by atoms with Crippen LogP contribution in [0.25, 0.3) is 0 Å². The molecule has 1 nitrogen and oxygen atoms in total. The number of benzene rings is 1. The molecule has 0 saturated heterocycles. The number of rotatable bonds is 5. The van der Waals surface area contributed by atoms with E-state index in [4.69, 9.17) is 0 Å². The lowest BCUT2D eigenvalue weighted by molar-refractivity contribution is 0.171. The molecule has 0 aromatic heterocycles. The number of hydrogen-bond acceptors (Lipinski definition) is 1. The Kier molecular flexibility index (Phi) is 5.43. The summed E-state index contributed by atoms with van der Waals surface area (Å²) in [6.45, 7) is 10.1. The van der Waals surface area contributed by atoms with Gasteiger partial charge in [-0.25, -0.2) is 4.39 Å². The summed E-state index contributed by atoms with van der Waals surface area (Å²) in [4.78, 5) is 0. The van der Waals surface area contributed by atoms with Crippen LogP contribution in [0.3, 0.4) is 0 Å². The van der Waals surface area contributed by atoms with Crippen molar-refractivity contribution in [1.82, 2.24) is 5.32 Å². The Hall–Kier alpha value is -0.890. The lowest BCUT2D eigenvalue weighted by Crippen LogP contribution is -2.50.